The van der Waals surface area contributed by atoms with Gasteiger partial charge in [0.1, 0.15) is 22.3 Å². The molecule has 3 fully saturated rings. The molecule has 0 bridgehead atoms. The highest BCUT2D eigenvalue weighted by Crippen LogP contribution is 2.46. The minimum Gasteiger partial charge on any atom is -0.480 e. The first-order valence-electron chi connectivity index (χ1n) is 16.3. The minimum absolute atomic E-state index is 0.104. The van der Waals surface area contributed by atoms with Crippen LogP contribution < -0.4 is 0 Å². The van der Waals surface area contributed by atoms with E-state index in [9.17, 15) is 39.0 Å². The molecule has 5 aliphatic rings. The lowest BCUT2D eigenvalue weighted by atomic mass is 9.87. The number of carbonyl (C=O) groups excluding carboxylic acids is 6. The average molecular weight is 725 g/mol. The van der Waals surface area contributed by atoms with Gasteiger partial charge >= 0.3 is 35.8 Å². The van der Waals surface area contributed by atoms with Gasteiger partial charge < -0.3 is 48.1 Å². The molecule has 0 amide bonds. The molecule has 0 aromatic carbocycles. The summed E-state index contributed by atoms with van der Waals surface area (Å²) in [6.07, 6.45) is 13.0. The molecule has 0 aromatic rings. The largest absolute Gasteiger partial charge is 0.480 e. The van der Waals surface area contributed by atoms with Gasteiger partial charge in [-0.2, -0.15) is 0 Å². The van der Waals surface area contributed by atoms with Crippen LogP contribution in [-0.2, 0) is 66.7 Å². The maximum Gasteiger partial charge on any atom is 0.348 e. The minimum atomic E-state index is -1.65. The van der Waals surface area contributed by atoms with E-state index in [2.05, 4.69) is 0 Å². The molecule has 52 heavy (non-hydrogen) atoms. The first-order valence-corrected chi connectivity index (χ1v) is 16.3. The number of aliphatic hydroxyl groups is 2. The number of hydrogen-bond acceptors (Lipinski definition) is 16. The van der Waals surface area contributed by atoms with E-state index in [-0.39, 0.29) is 48.8 Å². The van der Waals surface area contributed by atoms with Crippen molar-refractivity contribution in [1.82, 2.24) is 0 Å². The Morgan fingerprint density at radius 2 is 0.827 bits per heavy atom. The fourth-order valence-electron chi connectivity index (χ4n) is 5.34. The maximum absolute atomic E-state index is 12.8. The van der Waals surface area contributed by atoms with Gasteiger partial charge in [0.05, 0.1) is 0 Å². The quantitative estimate of drug-likeness (QED) is 0.118. The summed E-state index contributed by atoms with van der Waals surface area (Å²) < 4.78 is 42.8. The first kappa shape index (κ1) is 37.2. The van der Waals surface area contributed by atoms with Crippen LogP contribution in [0.15, 0.2) is 94.9 Å². The lowest BCUT2D eigenvalue weighted by Crippen LogP contribution is -2.54. The van der Waals surface area contributed by atoms with Crippen LogP contribution in [0.1, 0.15) is 66.2 Å². The van der Waals surface area contributed by atoms with E-state index in [1.807, 2.05) is 0 Å². The van der Waals surface area contributed by atoms with Crippen LogP contribution in [0, 0.1) is 0 Å². The van der Waals surface area contributed by atoms with E-state index >= 15 is 0 Å². The van der Waals surface area contributed by atoms with Crippen molar-refractivity contribution < 1.29 is 76.9 Å². The predicted molar refractivity (Wildman–Crippen MR) is 172 cm³/mol. The Morgan fingerprint density at radius 3 is 1.25 bits per heavy atom. The van der Waals surface area contributed by atoms with E-state index in [4.69, 9.17) is 37.9 Å². The number of allylic oxidation sites excluding steroid dienone is 8. The van der Waals surface area contributed by atoms with Crippen molar-refractivity contribution in [3.8, 4) is 0 Å². The topological polar surface area (TPSA) is 217 Å². The van der Waals surface area contributed by atoms with Crippen molar-refractivity contribution in [2.75, 3.05) is 0 Å². The summed E-state index contributed by atoms with van der Waals surface area (Å²) in [6, 6.07) is 0. The van der Waals surface area contributed by atoms with Gasteiger partial charge in [-0.3, -0.25) is 0 Å². The number of ether oxygens (including phenoxy) is 8. The molecule has 276 valence electrons. The van der Waals surface area contributed by atoms with E-state index in [1.54, 1.807) is 13.8 Å². The number of esters is 6. The zero-order valence-electron chi connectivity index (χ0n) is 28.6. The van der Waals surface area contributed by atoms with Crippen molar-refractivity contribution in [3.63, 3.8) is 0 Å². The highest BCUT2D eigenvalue weighted by Gasteiger charge is 2.56. The Labute approximate surface area is 296 Å². The molecule has 16 nitrogen and oxygen atoms in total. The fourth-order valence-corrected chi connectivity index (χ4v) is 5.34. The zero-order chi connectivity index (χ0) is 37.9. The molecule has 1 aliphatic carbocycles. The van der Waals surface area contributed by atoms with Gasteiger partial charge in [0.15, 0.2) is 0 Å². The van der Waals surface area contributed by atoms with Crippen molar-refractivity contribution in [1.29, 1.82) is 0 Å². The molecule has 2 saturated heterocycles. The lowest BCUT2D eigenvalue weighted by molar-refractivity contribution is -0.297. The zero-order valence-corrected chi connectivity index (χ0v) is 28.6. The first-order chi connectivity index (χ1) is 24.5. The lowest BCUT2D eigenvalue weighted by Gasteiger charge is -2.46. The molecule has 1 atom stereocenters. The molecule has 2 N–H and O–H groups in total. The summed E-state index contributed by atoms with van der Waals surface area (Å²) in [4.78, 5) is 75.0. The number of carbonyl (C=O) groups is 6. The fraction of sp³-hybridized carbons (Fsp3) is 0.389. The van der Waals surface area contributed by atoms with Crippen molar-refractivity contribution in [3.05, 3.63) is 94.9 Å². The van der Waals surface area contributed by atoms with E-state index < -0.39 is 76.4 Å². The van der Waals surface area contributed by atoms with Gasteiger partial charge in [0, 0.05) is 52.4 Å². The van der Waals surface area contributed by atoms with E-state index in [1.165, 1.54) is 68.5 Å². The standard InChI is InChI=1S/C36H36O16/c1-5-33(3)45-25(37)21(26(38)46-33)13-9-7-11-15-23-29(41)49-35(50-30(23)42)17-19-36(20-18-35)51-31(43)24(32(44)52-36)16-12-8-10-14-22-27(39)47-34(4,6-2)48-28(22)40/h7-16,37,43H,5-6,17-20H2,1-4H3/b10-8+,11-7+,13-9+,16-12+,22-14?,23-15?. The summed E-state index contributed by atoms with van der Waals surface area (Å²) in [7, 11) is 0. The second-order valence-electron chi connectivity index (χ2n) is 12.4. The third kappa shape index (κ3) is 7.80. The average Bonchev–Trinajstić information content (AvgIpc) is 3.06. The SMILES string of the molecule is CCC1(C)OC(=O)C(=C/C=C/C=C/C2=C(O)OC3(CCC4(CC3)OC(=O)C(=C/C=C/C=C/C3=C(O)OC(C)(CC)OC3=O)C(=O)O4)OC2=O)C(=O)O1. The predicted octanol–water partition coefficient (Wildman–Crippen LogP) is 4.17. The summed E-state index contributed by atoms with van der Waals surface area (Å²) in [5.41, 5.74) is -1.26. The molecular weight excluding hydrogens is 688 g/mol. The summed E-state index contributed by atoms with van der Waals surface area (Å²) >= 11 is 0. The summed E-state index contributed by atoms with van der Waals surface area (Å²) in [6.45, 7) is 6.40. The summed E-state index contributed by atoms with van der Waals surface area (Å²) in [5, 5.41) is 20.6. The molecule has 4 heterocycles. The molecule has 0 aromatic heterocycles. The molecule has 1 unspecified atom stereocenters. The molecule has 2 spiro atoms. The van der Waals surface area contributed by atoms with Crippen LogP contribution in [0.25, 0.3) is 0 Å². The van der Waals surface area contributed by atoms with Gasteiger partial charge in [-0.05, 0) is 24.3 Å². The van der Waals surface area contributed by atoms with E-state index in [0.717, 1.165) is 6.08 Å². The van der Waals surface area contributed by atoms with E-state index in [0.29, 0.717) is 6.42 Å². The molecule has 16 heteroatoms. The van der Waals surface area contributed by atoms with Crippen molar-refractivity contribution >= 4 is 35.8 Å². The monoisotopic (exact) mass is 724 g/mol. The Hall–Kier alpha value is -6.06. The molecule has 0 radical (unpaired) electrons. The van der Waals surface area contributed by atoms with Gasteiger partial charge in [-0.1, -0.05) is 50.3 Å². The van der Waals surface area contributed by atoms with Gasteiger partial charge in [0.2, 0.25) is 0 Å². The second kappa shape index (κ2) is 14.3. The van der Waals surface area contributed by atoms with Crippen molar-refractivity contribution in [2.24, 2.45) is 0 Å². The van der Waals surface area contributed by atoms with Crippen LogP contribution in [0.2, 0.25) is 0 Å². The third-order valence-corrected chi connectivity index (χ3v) is 8.69. The highest BCUT2D eigenvalue weighted by atomic mass is 16.8. The number of cyclic esters (lactones) is 3. The van der Waals surface area contributed by atoms with Gasteiger partial charge in [0.25, 0.3) is 35.0 Å². The second-order valence-corrected chi connectivity index (χ2v) is 12.4. The Bertz CT molecular complexity index is 1780. The Kier molecular flexibility index (Phi) is 10.2. The van der Waals surface area contributed by atoms with Gasteiger partial charge in [-0.15, -0.1) is 0 Å². The summed E-state index contributed by atoms with van der Waals surface area (Å²) in [5.74, 6) is -12.5. The van der Waals surface area contributed by atoms with Crippen LogP contribution in [0.3, 0.4) is 0 Å². The van der Waals surface area contributed by atoms with Crippen LogP contribution >= 0.6 is 0 Å². The smallest absolute Gasteiger partial charge is 0.348 e. The normalized spacial score (nSPS) is 31.2. The molecule has 4 aliphatic heterocycles. The van der Waals surface area contributed by atoms with Crippen LogP contribution in [0.4, 0.5) is 0 Å². The van der Waals surface area contributed by atoms with Crippen molar-refractivity contribution in [2.45, 2.75) is 89.4 Å². The third-order valence-electron chi connectivity index (χ3n) is 8.69. The van der Waals surface area contributed by atoms with Gasteiger partial charge in [-0.25, -0.2) is 28.8 Å². The molecule has 5 rings (SSSR count). The number of aliphatic hydroxyl groups excluding tert-OH is 2. The molecule has 1 saturated carbocycles. The Balaban J connectivity index is 1.15. The van der Waals surface area contributed by atoms with Crippen LogP contribution in [-0.4, -0.2) is 69.2 Å². The van der Waals surface area contributed by atoms with Crippen LogP contribution in [0.5, 0.6) is 0 Å². The number of hydrogen-bond donors (Lipinski definition) is 2. The molecular formula is C36H36O16. The maximum atomic E-state index is 12.8. The Morgan fingerprint density at radius 1 is 0.481 bits per heavy atom. The highest BCUT2D eigenvalue weighted by molar-refractivity contribution is 6.16. The number of rotatable bonds is 8.